The Balaban J connectivity index is 2.28. The molecule has 1 aromatic rings. The van der Waals surface area contributed by atoms with Gasteiger partial charge >= 0.3 is 5.97 Å². The van der Waals surface area contributed by atoms with E-state index in [1.165, 1.54) is 6.20 Å². The second-order valence-corrected chi connectivity index (χ2v) is 3.74. The molecule has 1 N–H and O–H groups in total. The third kappa shape index (κ3) is 1.74. The van der Waals surface area contributed by atoms with Crippen LogP contribution in [0.1, 0.15) is 35.9 Å². The highest BCUT2D eigenvalue weighted by Crippen LogP contribution is 2.32. The lowest BCUT2D eigenvalue weighted by Gasteiger charge is -2.20. The van der Waals surface area contributed by atoms with Gasteiger partial charge in [0, 0.05) is 19.5 Å². The van der Waals surface area contributed by atoms with Crippen molar-refractivity contribution < 1.29 is 14.6 Å². The number of rotatable bonds is 3. The van der Waals surface area contributed by atoms with Crippen LogP contribution in [0, 0.1) is 0 Å². The number of aromatic nitrogens is 2. The topological polar surface area (TPSA) is 64.4 Å². The molecule has 5 heteroatoms. The monoisotopic (exact) mass is 210 g/mol. The van der Waals surface area contributed by atoms with Gasteiger partial charge in [-0.05, 0) is 19.3 Å². The molecule has 0 spiro atoms. The molecule has 5 nitrogen and oxygen atoms in total. The molecule has 1 aromatic heterocycles. The number of imidazole rings is 1. The first-order valence-corrected chi connectivity index (χ1v) is 5.03. The van der Waals surface area contributed by atoms with Crippen molar-refractivity contribution in [2.75, 3.05) is 7.11 Å². The molecule has 1 aliphatic rings. The molecule has 0 bridgehead atoms. The van der Waals surface area contributed by atoms with Crippen LogP contribution in [-0.4, -0.2) is 33.8 Å². The van der Waals surface area contributed by atoms with Gasteiger partial charge < -0.3 is 14.4 Å². The van der Waals surface area contributed by atoms with Crippen molar-refractivity contribution in [1.82, 2.24) is 9.55 Å². The van der Waals surface area contributed by atoms with E-state index in [0.717, 1.165) is 19.3 Å². The Bertz CT molecular complexity index is 361. The van der Waals surface area contributed by atoms with E-state index in [2.05, 4.69) is 4.98 Å². The number of hydrogen-bond acceptors (Lipinski definition) is 3. The molecule has 15 heavy (non-hydrogen) atoms. The molecule has 0 aliphatic heterocycles. The van der Waals surface area contributed by atoms with Gasteiger partial charge in [-0.15, -0.1) is 0 Å². The summed E-state index contributed by atoms with van der Waals surface area (Å²) in [6.45, 7) is 0. The fourth-order valence-corrected chi connectivity index (χ4v) is 2.25. The van der Waals surface area contributed by atoms with Gasteiger partial charge in [0.2, 0.25) is 5.82 Å². The van der Waals surface area contributed by atoms with Crippen molar-refractivity contribution in [3.63, 3.8) is 0 Å². The van der Waals surface area contributed by atoms with E-state index in [4.69, 9.17) is 9.84 Å². The summed E-state index contributed by atoms with van der Waals surface area (Å²) in [4.78, 5) is 14.7. The molecule has 1 heterocycles. The average Bonchev–Trinajstić information content (AvgIpc) is 2.85. The van der Waals surface area contributed by atoms with Gasteiger partial charge in [0.15, 0.2) is 0 Å². The zero-order valence-electron chi connectivity index (χ0n) is 8.59. The van der Waals surface area contributed by atoms with Gasteiger partial charge in [-0.2, -0.15) is 0 Å². The zero-order valence-corrected chi connectivity index (χ0v) is 8.59. The van der Waals surface area contributed by atoms with Crippen molar-refractivity contribution in [2.45, 2.75) is 31.4 Å². The minimum Gasteiger partial charge on any atom is -0.475 e. The first-order chi connectivity index (χ1) is 7.24. The molecule has 0 radical (unpaired) electrons. The molecule has 2 unspecified atom stereocenters. The quantitative estimate of drug-likeness (QED) is 0.817. The molecule has 0 amide bonds. The molecule has 2 atom stereocenters. The minimum absolute atomic E-state index is 0.101. The number of carboxylic acids is 1. The Kier molecular flexibility index (Phi) is 2.73. The lowest BCUT2D eigenvalue weighted by atomic mass is 10.2. The van der Waals surface area contributed by atoms with E-state index in [9.17, 15) is 4.79 Å². The second kappa shape index (κ2) is 4.02. The molecule has 0 aromatic carbocycles. The summed E-state index contributed by atoms with van der Waals surface area (Å²) in [6.07, 6.45) is 6.35. The van der Waals surface area contributed by atoms with Gasteiger partial charge in [0.1, 0.15) is 0 Å². The SMILES string of the molecule is COC1CCCC1n1ccnc1C(=O)O. The Hall–Kier alpha value is -1.36. The fraction of sp³-hybridized carbons (Fsp3) is 0.600. The van der Waals surface area contributed by atoms with E-state index in [0.29, 0.717) is 0 Å². The maximum Gasteiger partial charge on any atom is 0.372 e. The van der Waals surface area contributed by atoms with Crippen molar-refractivity contribution in [3.8, 4) is 0 Å². The Labute approximate surface area is 87.7 Å². The first-order valence-electron chi connectivity index (χ1n) is 5.03. The fourth-order valence-electron chi connectivity index (χ4n) is 2.25. The maximum absolute atomic E-state index is 10.9. The van der Waals surface area contributed by atoms with E-state index in [1.54, 1.807) is 17.9 Å². The molecule has 1 saturated carbocycles. The van der Waals surface area contributed by atoms with Crippen molar-refractivity contribution in [2.24, 2.45) is 0 Å². The molecule has 82 valence electrons. The molecular formula is C10H14N2O3. The number of carboxylic acid groups (broad SMARTS) is 1. The lowest BCUT2D eigenvalue weighted by molar-refractivity contribution is 0.0620. The third-order valence-electron chi connectivity index (χ3n) is 2.94. The predicted molar refractivity (Wildman–Crippen MR) is 52.9 cm³/mol. The van der Waals surface area contributed by atoms with E-state index < -0.39 is 5.97 Å². The summed E-state index contributed by atoms with van der Waals surface area (Å²) >= 11 is 0. The second-order valence-electron chi connectivity index (χ2n) is 3.74. The molecule has 1 fully saturated rings. The van der Waals surface area contributed by atoms with Crippen LogP contribution >= 0.6 is 0 Å². The molecule has 0 saturated heterocycles. The van der Waals surface area contributed by atoms with Gasteiger partial charge in [-0.25, -0.2) is 9.78 Å². The van der Waals surface area contributed by atoms with E-state index in [-0.39, 0.29) is 18.0 Å². The minimum atomic E-state index is -0.984. The number of nitrogens with zero attached hydrogens (tertiary/aromatic N) is 2. The van der Waals surface area contributed by atoms with Crippen molar-refractivity contribution in [1.29, 1.82) is 0 Å². The third-order valence-corrected chi connectivity index (χ3v) is 2.94. The Morgan fingerprint density at radius 3 is 3.13 bits per heavy atom. The van der Waals surface area contributed by atoms with Gasteiger partial charge in [-0.3, -0.25) is 0 Å². The standard InChI is InChI=1S/C10H14N2O3/c1-15-8-4-2-3-7(8)12-6-5-11-9(12)10(13)14/h5-8H,2-4H2,1H3,(H,13,14). The summed E-state index contributed by atoms with van der Waals surface area (Å²) in [5.74, 6) is -0.884. The van der Waals surface area contributed by atoms with Crippen LogP contribution in [0.25, 0.3) is 0 Å². The van der Waals surface area contributed by atoms with Crippen LogP contribution in [0.5, 0.6) is 0 Å². The highest BCUT2D eigenvalue weighted by molar-refractivity contribution is 5.83. The van der Waals surface area contributed by atoms with E-state index in [1.807, 2.05) is 0 Å². The van der Waals surface area contributed by atoms with Gasteiger partial charge in [0.25, 0.3) is 0 Å². The van der Waals surface area contributed by atoms with Crippen LogP contribution in [0.15, 0.2) is 12.4 Å². The maximum atomic E-state index is 10.9. The van der Waals surface area contributed by atoms with Crippen LogP contribution in [-0.2, 0) is 4.74 Å². The smallest absolute Gasteiger partial charge is 0.372 e. The number of ether oxygens (including phenoxy) is 1. The summed E-state index contributed by atoms with van der Waals surface area (Å²) in [7, 11) is 1.67. The number of carbonyl (C=O) groups is 1. The van der Waals surface area contributed by atoms with E-state index >= 15 is 0 Å². The summed E-state index contributed by atoms with van der Waals surface area (Å²) in [5.41, 5.74) is 0. The van der Waals surface area contributed by atoms with Crippen molar-refractivity contribution in [3.05, 3.63) is 18.2 Å². The highest BCUT2D eigenvalue weighted by atomic mass is 16.5. The number of hydrogen-bond donors (Lipinski definition) is 1. The normalized spacial score (nSPS) is 25.7. The van der Waals surface area contributed by atoms with Crippen LogP contribution in [0.2, 0.25) is 0 Å². The number of aromatic carboxylic acids is 1. The van der Waals surface area contributed by atoms with Crippen LogP contribution in [0.4, 0.5) is 0 Å². The molecule has 2 rings (SSSR count). The average molecular weight is 210 g/mol. The summed E-state index contributed by atoms with van der Waals surface area (Å²) in [5, 5.41) is 8.95. The lowest BCUT2D eigenvalue weighted by Crippen LogP contribution is -2.23. The van der Waals surface area contributed by atoms with Gasteiger partial charge in [0.05, 0.1) is 12.1 Å². The largest absolute Gasteiger partial charge is 0.475 e. The Morgan fingerprint density at radius 2 is 2.47 bits per heavy atom. The summed E-state index contributed by atoms with van der Waals surface area (Å²) < 4.78 is 7.05. The van der Waals surface area contributed by atoms with Crippen molar-refractivity contribution >= 4 is 5.97 Å². The summed E-state index contributed by atoms with van der Waals surface area (Å²) in [6, 6.07) is 0.114. The van der Waals surface area contributed by atoms with Crippen LogP contribution in [0.3, 0.4) is 0 Å². The highest BCUT2D eigenvalue weighted by Gasteiger charge is 2.30. The van der Waals surface area contributed by atoms with Crippen LogP contribution < -0.4 is 0 Å². The predicted octanol–water partition coefficient (Wildman–Crippen LogP) is 1.32. The van der Waals surface area contributed by atoms with Gasteiger partial charge in [-0.1, -0.05) is 0 Å². The number of methoxy groups -OCH3 is 1. The first kappa shape index (κ1) is 10.2. The molecular weight excluding hydrogens is 196 g/mol. The Morgan fingerprint density at radius 1 is 1.67 bits per heavy atom. The zero-order chi connectivity index (χ0) is 10.8. The molecule has 1 aliphatic carbocycles.